The summed E-state index contributed by atoms with van der Waals surface area (Å²) < 4.78 is 1.76. The van der Waals surface area contributed by atoms with E-state index in [1.54, 1.807) is 29.1 Å². The summed E-state index contributed by atoms with van der Waals surface area (Å²) in [7, 11) is 0. The number of hydrogen-bond acceptors (Lipinski definition) is 4. The van der Waals surface area contributed by atoms with Crippen molar-refractivity contribution in [2.24, 2.45) is 0 Å². The van der Waals surface area contributed by atoms with Crippen molar-refractivity contribution in [1.82, 2.24) is 25.6 Å². The Morgan fingerprint density at radius 3 is 2.56 bits per heavy atom. The normalized spacial score (nSPS) is 10.2. The molecule has 2 N–H and O–H groups in total. The highest BCUT2D eigenvalue weighted by Gasteiger charge is 2.09. The maximum absolute atomic E-state index is 11.9. The highest BCUT2D eigenvalue weighted by atomic mass is 16.2. The van der Waals surface area contributed by atoms with E-state index < -0.39 is 5.91 Å². The van der Waals surface area contributed by atoms with Gasteiger partial charge in [0.25, 0.3) is 5.91 Å². The van der Waals surface area contributed by atoms with Crippen molar-refractivity contribution >= 4 is 11.8 Å². The molecule has 0 saturated heterocycles. The molecule has 2 amide bonds. The Hall–Kier alpha value is -3.48. The number of rotatable bonds is 5. The second-order valence-corrected chi connectivity index (χ2v) is 5.35. The van der Waals surface area contributed by atoms with Crippen LogP contribution in [0.25, 0.3) is 5.69 Å². The van der Waals surface area contributed by atoms with Crippen molar-refractivity contribution in [3.63, 3.8) is 0 Å². The second kappa shape index (κ2) is 7.87. The molecule has 2 heterocycles. The molecule has 3 aromatic rings. The molecule has 1 aromatic carbocycles. The van der Waals surface area contributed by atoms with Gasteiger partial charge in [-0.1, -0.05) is 24.3 Å². The number of hydrazine groups is 1. The SMILES string of the molecule is O=C(CCc1cnn(-c2ccccc2)c1)NNC(=O)c1ccccn1. The van der Waals surface area contributed by atoms with E-state index in [1.165, 1.54) is 6.20 Å². The van der Waals surface area contributed by atoms with Crippen LogP contribution < -0.4 is 10.9 Å². The van der Waals surface area contributed by atoms with Crippen molar-refractivity contribution < 1.29 is 9.59 Å². The minimum Gasteiger partial charge on any atom is -0.273 e. The minimum absolute atomic E-state index is 0.239. The van der Waals surface area contributed by atoms with Crippen molar-refractivity contribution in [3.05, 3.63) is 78.4 Å². The van der Waals surface area contributed by atoms with Crippen LogP contribution in [0.5, 0.6) is 0 Å². The van der Waals surface area contributed by atoms with E-state index in [1.807, 2.05) is 36.5 Å². The predicted octanol–water partition coefficient (Wildman–Crippen LogP) is 1.66. The van der Waals surface area contributed by atoms with Crippen molar-refractivity contribution in [3.8, 4) is 5.69 Å². The monoisotopic (exact) mass is 335 g/mol. The Labute approximate surface area is 144 Å². The van der Waals surface area contributed by atoms with E-state index >= 15 is 0 Å². The lowest BCUT2D eigenvalue weighted by molar-refractivity contribution is -0.121. The van der Waals surface area contributed by atoms with E-state index in [9.17, 15) is 9.59 Å². The molecule has 25 heavy (non-hydrogen) atoms. The largest absolute Gasteiger partial charge is 0.288 e. The predicted molar refractivity (Wildman–Crippen MR) is 91.7 cm³/mol. The van der Waals surface area contributed by atoms with Gasteiger partial charge >= 0.3 is 0 Å². The van der Waals surface area contributed by atoms with Gasteiger partial charge in [0.2, 0.25) is 5.91 Å². The van der Waals surface area contributed by atoms with Gasteiger partial charge in [-0.25, -0.2) is 4.68 Å². The average molecular weight is 335 g/mol. The van der Waals surface area contributed by atoms with E-state index in [4.69, 9.17) is 0 Å². The first-order chi connectivity index (χ1) is 12.2. The first kappa shape index (κ1) is 16.4. The fraction of sp³-hybridized carbons (Fsp3) is 0.111. The van der Waals surface area contributed by atoms with Gasteiger partial charge in [-0.3, -0.25) is 25.4 Å². The number of amides is 2. The summed E-state index contributed by atoms with van der Waals surface area (Å²) in [6.07, 6.45) is 5.89. The first-order valence-electron chi connectivity index (χ1n) is 7.81. The summed E-state index contributed by atoms with van der Waals surface area (Å²) in [4.78, 5) is 27.5. The fourth-order valence-electron chi connectivity index (χ4n) is 2.22. The molecule has 7 nitrogen and oxygen atoms in total. The molecule has 7 heteroatoms. The number of benzene rings is 1. The standard InChI is InChI=1S/C18H17N5O2/c24-17(21-22-18(25)16-8-4-5-11-19-16)10-9-14-12-20-23(13-14)15-6-2-1-3-7-15/h1-8,11-13H,9-10H2,(H,21,24)(H,22,25). The fourth-order valence-corrected chi connectivity index (χ4v) is 2.22. The van der Waals surface area contributed by atoms with Crippen LogP contribution >= 0.6 is 0 Å². The molecule has 0 radical (unpaired) electrons. The van der Waals surface area contributed by atoms with Crippen LogP contribution in [0.1, 0.15) is 22.5 Å². The Kier molecular flexibility index (Phi) is 5.16. The molecule has 0 atom stereocenters. The number of nitrogens with one attached hydrogen (secondary N) is 2. The van der Waals surface area contributed by atoms with Crippen LogP contribution in [0.4, 0.5) is 0 Å². The van der Waals surface area contributed by atoms with Gasteiger partial charge < -0.3 is 0 Å². The van der Waals surface area contributed by atoms with Crippen molar-refractivity contribution in [1.29, 1.82) is 0 Å². The molecule has 0 unspecified atom stereocenters. The summed E-state index contributed by atoms with van der Waals surface area (Å²) >= 11 is 0. The van der Waals surface area contributed by atoms with E-state index in [-0.39, 0.29) is 18.0 Å². The molecular formula is C18H17N5O2. The zero-order valence-corrected chi connectivity index (χ0v) is 13.4. The third-order valence-corrected chi connectivity index (χ3v) is 3.51. The third-order valence-electron chi connectivity index (χ3n) is 3.51. The molecule has 0 bridgehead atoms. The summed E-state index contributed by atoms with van der Waals surface area (Å²) in [6, 6.07) is 14.7. The average Bonchev–Trinajstić information content (AvgIpc) is 3.15. The summed E-state index contributed by atoms with van der Waals surface area (Å²) in [6.45, 7) is 0. The lowest BCUT2D eigenvalue weighted by Crippen LogP contribution is -2.42. The Bertz CT molecular complexity index is 846. The molecule has 0 fully saturated rings. The minimum atomic E-state index is -0.453. The number of para-hydroxylation sites is 1. The summed E-state index contributed by atoms with van der Waals surface area (Å²) in [5, 5.41) is 4.29. The van der Waals surface area contributed by atoms with Gasteiger partial charge in [-0.05, 0) is 36.2 Å². The highest BCUT2D eigenvalue weighted by molar-refractivity contribution is 5.93. The van der Waals surface area contributed by atoms with Crippen molar-refractivity contribution in [2.75, 3.05) is 0 Å². The van der Waals surface area contributed by atoms with E-state index in [0.717, 1.165) is 11.3 Å². The zero-order chi connectivity index (χ0) is 17.5. The summed E-state index contributed by atoms with van der Waals surface area (Å²) in [5.41, 5.74) is 6.87. The number of carbonyl (C=O) groups excluding carboxylic acids is 2. The van der Waals surface area contributed by atoms with Crippen LogP contribution in [-0.4, -0.2) is 26.6 Å². The topological polar surface area (TPSA) is 88.9 Å². The van der Waals surface area contributed by atoms with Crippen LogP contribution in [-0.2, 0) is 11.2 Å². The maximum atomic E-state index is 11.9. The number of pyridine rings is 1. The van der Waals surface area contributed by atoms with Crippen LogP contribution in [0, 0.1) is 0 Å². The smallest absolute Gasteiger partial charge is 0.273 e. The number of aromatic nitrogens is 3. The van der Waals surface area contributed by atoms with E-state index in [2.05, 4.69) is 20.9 Å². The number of hydrogen-bond donors (Lipinski definition) is 2. The Balaban J connectivity index is 1.47. The quantitative estimate of drug-likeness (QED) is 0.694. The zero-order valence-electron chi connectivity index (χ0n) is 13.4. The maximum Gasteiger partial charge on any atom is 0.288 e. The summed E-state index contributed by atoms with van der Waals surface area (Å²) in [5.74, 6) is -0.734. The second-order valence-electron chi connectivity index (χ2n) is 5.35. The number of carbonyl (C=O) groups is 2. The highest BCUT2D eigenvalue weighted by Crippen LogP contribution is 2.09. The van der Waals surface area contributed by atoms with Gasteiger partial charge in [-0.15, -0.1) is 0 Å². The Morgan fingerprint density at radius 1 is 1.00 bits per heavy atom. The number of nitrogens with zero attached hydrogens (tertiary/aromatic N) is 3. The molecule has 0 aliphatic carbocycles. The lowest BCUT2D eigenvalue weighted by Gasteiger charge is -2.06. The van der Waals surface area contributed by atoms with Gasteiger partial charge in [0.1, 0.15) is 5.69 Å². The van der Waals surface area contributed by atoms with Crippen LogP contribution in [0.2, 0.25) is 0 Å². The molecule has 126 valence electrons. The third kappa shape index (κ3) is 4.51. The van der Waals surface area contributed by atoms with Gasteiger partial charge in [0.05, 0.1) is 11.9 Å². The number of aryl methyl sites for hydroxylation is 1. The first-order valence-corrected chi connectivity index (χ1v) is 7.81. The molecule has 0 saturated carbocycles. The van der Waals surface area contributed by atoms with Crippen molar-refractivity contribution in [2.45, 2.75) is 12.8 Å². The van der Waals surface area contributed by atoms with E-state index in [0.29, 0.717) is 6.42 Å². The van der Waals surface area contributed by atoms with Crippen LogP contribution in [0.3, 0.4) is 0 Å². The Morgan fingerprint density at radius 2 is 1.80 bits per heavy atom. The molecule has 0 spiro atoms. The molecule has 0 aliphatic heterocycles. The van der Waals surface area contributed by atoms with Gasteiger partial charge in [-0.2, -0.15) is 5.10 Å². The molecule has 0 aliphatic rings. The lowest BCUT2D eigenvalue weighted by atomic mass is 10.2. The molecule has 3 rings (SSSR count). The van der Waals surface area contributed by atoms with Gasteiger partial charge in [0, 0.05) is 18.8 Å². The van der Waals surface area contributed by atoms with Crippen LogP contribution in [0.15, 0.2) is 67.1 Å². The van der Waals surface area contributed by atoms with Gasteiger partial charge in [0.15, 0.2) is 0 Å². The molecule has 2 aromatic heterocycles. The molecular weight excluding hydrogens is 318 g/mol.